The fraction of sp³-hybridized carbons (Fsp3) is 0.320. The van der Waals surface area contributed by atoms with Gasteiger partial charge >= 0.3 is 5.97 Å². The molecular weight excluding hydrogens is 434 g/mol. The van der Waals surface area contributed by atoms with E-state index in [4.69, 9.17) is 12.2 Å². The summed E-state index contributed by atoms with van der Waals surface area (Å²) in [6, 6.07) is 15.0. The first-order valence-electron chi connectivity index (χ1n) is 10.9. The van der Waals surface area contributed by atoms with Crippen molar-refractivity contribution in [2.24, 2.45) is 0 Å². The molecule has 2 N–H and O–H groups in total. The zero-order chi connectivity index (χ0) is 23.7. The number of carboxylic acids is 1. The number of pyridine rings is 1. The molecule has 2 aromatic heterocycles. The monoisotopic (exact) mass is 463 g/mol. The summed E-state index contributed by atoms with van der Waals surface area (Å²) in [6.45, 7) is 5.78. The van der Waals surface area contributed by atoms with Crippen LogP contribution in [0.5, 0.6) is 0 Å². The molecule has 8 heteroatoms. The lowest BCUT2D eigenvalue weighted by molar-refractivity contribution is 0.0697. The van der Waals surface area contributed by atoms with E-state index in [2.05, 4.69) is 51.8 Å². The van der Waals surface area contributed by atoms with Gasteiger partial charge in [-0.2, -0.15) is 0 Å². The number of nitrogens with one attached hydrogen (secondary N) is 1. The van der Waals surface area contributed by atoms with Crippen LogP contribution in [0.25, 0.3) is 5.69 Å². The minimum Gasteiger partial charge on any atom is -0.478 e. The lowest BCUT2D eigenvalue weighted by Crippen LogP contribution is -2.35. The Hall–Kier alpha value is -3.23. The molecular formula is C25H29N5O2S. The summed E-state index contributed by atoms with van der Waals surface area (Å²) in [4.78, 5) is 20.5. The molecule has 2 atom stereocenters. The van der Waals surface area contributed by atoms with Crippen molar-refractivity contribution < 1.29 is 9.90 Å². The number of nitrogens with zero attached hydrogens (tertiary/aromatic N) is 4. The lowest BCUT2D eigenvalue weighted by Gasteiger charge is -2.29. The predicted octanol–water partition coefficient (Wildman–Crippen LogP) is 3.72. The Labute approximate surface area is 199 Å². The highest BCUT2D eigenvalue weighted by Gasteiger charge is 2.41. The second-order valence-corrected chi connectivity index (χ2v) is 9.03. The van der Waals surface area contributed by atoms with Crippen LogP contribution in [-0.4, -0.2) is 62.7 Å². The number of aromatic nitrogens is 2. The smallest absolute Gasteiger partial charge is 0.335 e. The van der Waals surface area contributed by atoms with Gasteiger partial charge in [0, 0.05) is 36.4 Å². The summed E-state index contributed by atoms with van der Waals surface area (Å²) < 4.78 is 2.11. The molecule has 0 unspecified atom stereocenters. The van der Waals surface area contributed by atoms with Crippen LogP contribution in [0.2, 0.25) is 0 Å². The average Bonchev–Trinajstić information content (AvgIpc) is 3.27. The van der Waals surface area contributed by atoms with Crippen molar-refractivity contribution in [2.45, 2.75) is 25.9 Å². The number of carboxylic acid groups (broad SMARTS) is 1. The number of rotatable bonds is 7. The number of aromatic carboxylic acids is 1. The van der Waals surface area contributed by atoms with Gasteiger partial charge in [0.2, 0.25) is 0 Å². The van der Waals surface area contributed by atoms with Gasteiger partial charge in [-0.1, -0.05) is 12.1 Å². The van der Waals surface area contributed by atoms with Crippen LogP contribution in [-0.2, 0) is 0 Å². The maximum absolute atomic E-state index is 11.5. The molecule has 7 nitrogen and oxygen atoms in total. The molecule has 0 saturated carbocycles. The van der Waals surface area contributed by atoms with E-state index in [0.717, 1.165) is 46.5 Å². The zero-order valence-electron chi connectivity index (χ0n) is 19.3. The van der Waals surface area contributed by atoms with Gasteiger partial charge in [-0.05, 0) is 82.1 Å². The highest BCUT2D eigenvalue weighted by atomic mass is 32.1. The van der Waals surface area contributed by atoms with Crippen molar-refractivity contribution in [2.75, 3.05) is 27.2 Å². The van der Waals surface area contributed by atoms with Gasteiger partial charge in [-0.15, -0.1) is 0 Å². The maximum atomic E-state index is 11.5. The highest BCUT2D eigenvalue weighted by Crippen LogP contribution is 2.41. The van der Waals surface area contributed by atoms with Crippen LogP contribution < -0.4 is 5.32 Å². The lowest BCUT2D eigenvalue weighted by atomic mass is 9.96. The first-order valence-corrected chi connectivity index (χ1v) is 11.3. The molecule has 3 heterocycles. The standard InChI is InChI=1S/C25H29N5O2S/c1-16-14-20(17(2)30(16)19-9-7-8-18(15-19)24(31)32)23-22(21-10-5-6-11-26-21)27-25(33)29(23)13-12-28(3)4/h5-11,14-15,22-23H,12-13H2,1-4H3,(H,27,33)(H,31,32)/t22-,23-/m1/s1. The molecule has 0 bridgehead atoms. The SMILES string of the molecule is Cc1cc([C@@H]2[C@@H](c3ccccn3)NC(=S)N2CCN(C)C)c(C)n1-c1cccc(C(=O)O)c1. The van der Waals surface area contributed by atoms with E-state index >= 15 is 0 Å². The minimum atomic E-state index is -0.935. The van der Waals surface area contributed by atoms with E-state index in [0.29, 0.717) is 0 Å². The molecule has 0 aliphatic carbocycles. The van der Waals surface area contributed by atoms with E-state index in [9.17, 15) is 9.90 Å². The molecule has 1 aliphatic rings. The maximum Gasteiger partial charge on any atom is 0.335 e. The van der Waals surface area contributed by atoms with Crippen LogP contribution >= 0.6 is 12.2 Å². The van der Waals surface area contributed by atoms with Crippen molar-refractivity contribution in [1.82, 2.24) is 24.7 Å². The van der Waals surface area contributed by atoms with E-state index in [-0.39, 0.29) is 17.6 Å². The van der Waals surface area contributed by atoms with Crippen LogP contribution in [0.1, 0.15) is 45.1 Å². The number of thiocarbonyl (C=S) groups is 1. The normalized spacial score (nSPS) is 18.1. The fourth-order valence-electron chi connectivity index (χ4n) is 4.55. The third-order valence-electron chi connectivity index (χ3n) is 6.13. The quantitative estimate of drug-likeness (QED) is 0.517. The van der Waals surface area contributed by atoms with Gasteiger partial charge in [0.25, 0.3) is 0 Å². The summed E-state index contributed by atoms with van der Waals surface area (Å²) in [6.07, 6.45) is 1.81. The fourth-order valence-corrected chi connectivity index (χ4v) is 4.89. The Morgan fingerprint density at radius 2 is 1.97 bits per heavy atom. The Kier molecular flexibility index (Phi) is 6.49. The van der Waals surface area contributed by atoms with Gasteiger partial charge in [0.05, 0.1) is 23.3 Å². The second kappa shape index (κ2) is 9.33. The summed E-state index contributed by atoms with van der Waals surface area (Å²) in [5.74, 6) is -0.935. The van der Waals surface area contributed by atoms with Crippen molar-refractivity contribution in [3.05, 3.63) is 82.9 Å². The molecule has 3 aromatic rings. The molecule has 0 amide bonds. The molecule has 4 rings (SSSR count). The molecule has 33 heavy (non-hydrogen) atoms. The van der Waals surface area contributed by atoms with Gasteiger partial charge in [-0.3, -0.25) is 4.98 Å². The molecule has 1 aliphatic heterocycles. The first-order chi connectivity index (χ1) is 15.8. The van der Waals surface area contributed by atoms with Crippen LogP contribution in [0.3, 0.4) is 0 Å². The number of hydrogen-bond acceptors (Lipinski definition) is 4. The molecule has 1 aromatic carbocycles. The zero-order valence-corrected chi connectivity index (χ0v) is 20.1. The summed E-state index contributed by atoms with van der Waals surface area (Å²) >= 11 is 5.77. The molecule has 1 saturated heterocycles. The number of hydrogen-bond donors (Lipinski definition) is 2. The van der Waals surface area contributed by atoms with E-state index in [1.54, 1.807) is 24.4 Å². The van der Waals surface area contributed by atoms with Crippen molar-refractivity contribution in [1.29, 1.82) is 0 Å². The Morgan fingerprint density at radius 1 is 1.18 bits per heavy atom. The summed E-state index contributed by atoms with van der Waals surface area (Å²) in [5, 5.41) is 13.7. The Bertz CT molecular complexity index is 1170. The largest absolute Gasteiger partial charge is 0.478 e. The topological polar surface area (TPSA) is 73.6 Å². The van der Waals surface area contributed by atoms with E-state index in [1.807, 2.05) is 31.2 Å². The third-order valence-corrected chi connectivity index (χ3v) is 6.48. The number of benzene rings is 1. The van der Waals surface area contributed by atoms with Crippen molar-refractivity contribution in [3.8, 4) is 5.69 Å². The van der Waals surface area contributed by atoms with Crippen LogP contribution in [0, 0.1) is 13.8 Å². The van der Waals surface area contributed by atoms with Gasteiger partial charge < -0.3 is 24.8 Å². The summed E-state index contributed by atoms with van der Waals surface area (Å²) in [5.41, 5.74) is 5.28. The minimum absolute atomic E-state index is 0.0324. The summed E-state index contributed by atoms with van der Waals surface area (Å²) in [7, 11) is 4.11. The van der Waals surface area contributed by atoms with Gasteiger partial charge in [0.15, 0.2) is 5.11 Å². The predicted molar refractivity (Wildman–Crippen MR) is 133 cm³/mol. The molecule has 0 spiro atoms. The highest BCUT2D eigenvalue weighted by molar-refractivity contribution is 7.80. The molecule has 172 valence electrons. The third kappa shape index (κ3) is 4.49. The van der Waals surface area contributed by atoms with Crippen LogP contribution in [0.4, 0.5) is 0 Å². The van der Waals surface area contributed by atoms with Gasteiger partial charge in [0.1, 0.15) is 0 Å². The van der Waals surface area contributed by atoms with Crippen molar-refractivity contribution >= 4 is 23.3 Å². The number of likely N-dealkylation sites (N-methyl/N-ethyl adjacent to an activating group) is 1. The van der Waals surface area contributed by atoms with Crippen LogP contribution in [0.15, 0.2) is 54.7 Å². The Morgan fingerprint density at radius 3 is 2.64 bits per heavy atom. The number of carbonyl (C=O) groups is 1. The van der Waals surface area contributed by atoms with Crippen molar-refractivity contribution in [3.63, 3.8) is 0 Å². The molecule has 1 fully saturated rings. The Balaban J connectivity index is 1.81. The van der Waals surface area contributed by atoms with E-state index < -0.39 is 5.97 Å². The second-order valence-electron chi connectivity index (χ2n) is 8.64. The number of aryl methyl sites for hydroxylation is 1. The first kappa shape index (κ1) is 22.9. The average molecular weight is 464 g/mol. The molecule has 0 radical (unpaired) electrons. The van der Waals surface area contributed by atoms with E-state index in [1.165, 1.54) is 0 Å². The van der Waals surface area contributed by atoms with Gasteiger partial charge in [-0.25, -0.2) is 4.79 Å².